The van der Waals surface area contributed by atoms with Gasteiger partial charge in [-0.25, -0.2) is 0 Å². The third-order valence-corrected chi connectivity index (χ3v) is 6.59. The predicted octanol–water partition coefficient (Wildman–Crippen LogP) is 3.82. The lowest BCUT2D eigenvalue weighted by molar-refractivity contribution is -0.142. The number of amides is 1. The molecule has 1 saturated heterocycles. The quantitative estimate of drug-likeness (QED) is 0.899. The van der Waals surface area contributed by atoms with E-state index in [-0.39, 0.29) is 11.8 Å². The molecule has 2 fully saturated rings. The van der Waals surface area contributed by atoms with Crippen molar-refractivity contribution >= 4 is 23.6 Å². The first-order chi connectivity index (χ1) is 11.5. The van der Waals surface area contributed by atoms with Crippen LogP contribution in [0.3, 0.4) is 0 Å². The number of carbonyl (C=O) groups excluding carboxylic acids is 1. The van der Waals surface area contributed by atoms with E-state index >= 15 is 0 Å². The lowest BCUT2D eigenvalue weighted by Crippen LogP contribution is -2.30. The van der Waals surface area contributed by atoms with Crippen LogP contribution in [0.4, 0.5) is 0 Å². The lowest BCUT2D eigenvalue weighted by atomic mass is 9.99. The number of carboxylic acids is 1. The van der Waals surface area contributed by atoms with E-state index in [1.54, 1.807) is 4.90 Å². The zero-order valence-electron chi connectivity index (χ0n) is 14.3. The maximum absolute atomic E-state index is 13.0. The fraction of sp³-hybridized carbons (Fsp3) is 0.579. The zero-order valence-corrected chi connectivity index (χ0v) is 15.1. The maximum Gasteiger partial charge on any atom is 0.308 e. The number of rotatable bonds is 4. The summed E-state index contributed by atoms with van der Waals surface area (Å²) >= 11 is 1.82. The summed E-state index contributed by atoms with van der Waals surface area (Å²) in [6, 6.07) is 6.07. The topological polar surface area (TPSA) is 57.6 Å². The van der Waals surface area contributed by atoms with Crippen molar-refractivity contribution < 1.29 is 14.7 Å². The minimum absolute atomic E-state index is 0.00203. The maximum atomic E-state index is 13.0. The molecule has 1 amide bonds. The summed E-state index contributed by atoms with van der Waals surface area (Å²) in [6.07, 6.45) is 4.98. The molecule has 0 bridgehead atoms. The average Bonchev–Trinajstić information content (AvgIpc) is 3.17. The van der Waals surface area contributed by atoms with E-state index in [1.807, 2.05) is 31.7 Å². The number of hydrogen-bond donors (Lipinski definition) is 1. The van der Waals surface area contributed by atoms with E-state index in [1.165, 1.54) is 25.7 Å². The first-order valence-corrected chi connectivity index (χ1v) is 9.63. The van der Waals surface area contributed by atoms with Gasteiger partial charge >= 0.3 is 5.97 Å². The van der Waals surface area contributed by atoms with E-state index in [0.717, 1.165) is 16.0 Å². The SMILES string of the molecule is Cc1ccc(SC2CCCC2)c(C(=O)N2C[C@@H](C)[C@H](C(=O)O)C2)c1. The molecule has 0 spiro atoms. The molecule has 24 heavy (non-hydrogen) atoms. The Balaban J connectivity index is 1.81. The number of aryl methyl sites for hydroxylation is 1. The van der Waals surface area contributed by atoms with Crippen molar-refractivity contribution in [1.82, 2.24) is 4.90 Å². The number of hydrogen-bond acceptors (Lipinski definition) is 3. The molecular formula is C19H25NO3S. The van der Waals surface area contributed by atoms with Gasteiger partial charge in [-0.2, -0.15) is 0 Å². The van der Waals surface area contributed by atoms with E-state index in [4.69, 9.17) is 0 Å². The van der Waals surface area contributed by atoms with Crippen LogP contribution in [0.25, 0.3) is 0 Å². The molecule has 2 aliphatic rings. The van der Waals surface area contributed by atoms with Gasteiger partial charge in [0.1, 0.15) is 0 Å². The number of aliphatic carboxylic acids is 1. The van der Waals surface area contributed by atoms with E-state index in [2.05, 4.69) is 12.1 Å². The summed E-state index contributed by atoms with van der Waals surface area (Å²) < 4.78 is 0. The number of carbonyl (C=O) groups is 2. The molecule has 4 nitrogen and oxygen atoms in total. The van der Waals surface area contributed by atoms with Crippen molar-refractivity contribution in [1.29, 1.82) is 0 Å². The fourth-order valence-electron chi connectivity index (χ4n) is 3.72. The van der Waals surface area contributed by atoms with Crippen LogP contribution in [0.15, 0.2) is 23.1 Å². The molecule has 0 unspecified atom stereocenters. The van der Waals surface area contributed by atoms with Crippen LogP contribution in [-0.4, -0.2) is 40.2 Å². The zero-order chi connectivity index (χ0) is 17.3. The molecule has 1 aliphatic carbocycles. The normalized spacial score (nSPS) is 24.5. The summed E-state index contributed by atoms with van der Waals surface area (Å²) in [7, 11) is 0. The molecule has 1 aromatic rings. The molecule has 0 aromatic heterocycles. The number of nitrogens with zero attached hydrogens (tertiary/aromatic N) is 1. The highest BCUT2D eigenvalue weighted by atomic mass is 32.2. The van der Waals surface area contributed by atoms with Crippen LogP contribution in [0.2, 0.25) is 0 Å². The van der Waals surface area contributed by atoms with Gasteiger partial charge in [0.25, 0.3) is 5.91 Å². The second-order valence-electron chi connectivity index (χ2n) is 7.16. The Labute approximate surface area is 147 Å². The van der Waals surface area contributed by atoms with E-state index in [9.17, 15) is 14.7 Å². The van der Waals surface area contributed by atoms with Gasteiger partial charge in [-0.05, 0) is 37.8 Å². The van der Waals surface area contributed by atoms with Gasteiger partial charge in [0.15, 0.2) is 0 Å². The number of carboxylic acid groups (broad SMARTS) is 1. The van der Waals surface area contributed by atoms with Crippen molar-refractivity contribution in [3.05, 3.63) is 29.3 Å². The Morgan fingerprint density at radius 2 is 1.92 bits per heavy atom. The molecule has 1 saturated carbocycles. The molecule has 5 heteroatoms. The molecule has 1 heterocycles. The van der Waals surface area contributed by atoms with Crippen LogP contribution in [-0.2, 0) is 4.79 Å². The Morgan fingerprint density at radius 3 is 2.54 bits per heavy atom. The first-order valence-electron chi connectivity index (χ1n) is 8.75. The monoisotopic (exact) mass is 347 g/mol. The summed E-state index contributed by atoms with van der Waals surface area (Å²) in [5, 5.41) is 9.90. The smallest absolute Gasteiger partial charge is 0.308 e. The van der Waals surface area contributed by atoms with Gasteiger partial charge in [-0.1, -0.05) is 31.4 Å². The Kier molecular flexibility index (Phi) is 5.18. The second-order valence-corrected chi connectivity index (χ2v) is 8.50. The van der Waals surface area contributed by atoms with Crippen LogP contribution < -0.4 is 0 Å². The van der Waals surface area contributed by atoms with Crippen molar-refractivity contribution in [3.63, 3.8) is 0 Å². The van der Waals surface area contributed by atoms with Crippen molar-refractivity contribution in [2.24, 2.45) is 11.8 Å². The third-order valence-electron chi connectivity index (χ3n) is 5.18. The Hall–Kier alpha value is -1.49. The highest BCUT2D eigenvalue weighted by molar-refractivity contribution is 8.00. The molecule has 1 aliphatic heterocycles. The summed E-state index contributed by atoms with van der Waals surface area (Å²) in [5.41, 5.74) is 1.81. The Morgan fingerprint density at radius 1 is 1.21 bits per heavy atom. The highest BCUT2D eigenvalue weighted by Gasteiger charge is 2.37. The molecule has 0 radical (unpaired) electrons. The number of benzene rings is 1. The second kappa shape index (κ2) is 7.18. The molecule has 1 aromatic carbocycles. The summed E-state index contributed by atoms with van der Waals surface area (Å²) in [4.78, 5) is 27.1. The number of thioether (sulfide) groups is 1. The van der Waals surface area contributed by atoms with Crippen LogP contribution >= 0.6 is 11.8 Å². The van der Waals surface area contributed by atoms with Crippen molar-refractivity contribution in [3.8, 4) is 0 Å². The first kappa shape index (κ1) is 17.3. The standard InChI is InChI=1S/C19H25NO3S/c1-12-7-8-17(24-14-5-3-4-6-14)15(9-12)18(21)20-10-13(2)16(11-20)19(22)23/h7-9,13-14,16H,3-6,10-11H2,1-2H3,(H,22,23)/t13-,16-/m1/s1. The largest absolute Gasteiger partial charge is 0.481 e. The minimum atomic E-state index is -0.803. The van der Waals surface area contributed by atoms with Crippen LogP contribution in [0.5, 0.6) is 0 Å². The van der Waals surface area contributed by atoms with Gasteiger partial charge in [-0.15, -0.1) is 11.8 Å². The van der Waals surface area contributed by atoms with Gasteiger partial charge in [0, 0.05) is 23.2 Å². The van der Waals surface area contributed by atoms with Crippen molar-refractivity contribution in [2.75, 3.05) is 13.1 Å². The average molecular weight is 347 g/mol. The summed E-state index contributed by atoms with van der Waals surface area (Å²) in [6.45, 7) is 4.75. The third kappa shape index (κ3) is 3.61. The van der Waals surface area contributed by atoms with Gasteiger partial charge in [0.2, 0.25) is 0 Å². The van der Waals surface area contributed by atoms with E-state index in [0.29, 0.717) is 18.3 Å². The van der Waals surface area contributed by atoms with E-state index < -0.39 is 11.9 Å². The van der Waals surface area contributed by atoms with Crippen LogP contribution in [0, 0.1) is 18.8 Å². The highest BCUT2D eigenvalue weighted by Crippen LogP contribution is 2.37. The molecular weight excluding hydrogens is 322 g/mol. The molecule has 3 rings (SSSR count). The van der Waals surface area contributed by atoms with Gasteiger partial charge < -0.3 is 10.0 Å². The lowest BCUT2D eigenvalue weighted by Gasteiger charge is -2.20. The van der Waals surface area contributed by atoms with Crippen LogP contribution in [0.1, 0.15) is 48.5 Å². The molecule has 2 atom stereocenters. The molecule has 130 valence electrons. The van der Waals surface area contributed by atoms with Gasteiger partial charge in [0.05, 0.1) is 11.5 Å². The Bertz CT molecular complexity index is 639. The van der Waals surface area contributed by atoms with Crippen molar-refractivity contribution in [2.45, 2.75) is 49.7 Å². The predicted molar refractivity (Wildman–Crippen MR) is 95.5 cm³/mol. The molecule has 1 N–H and O–H groups in total. The minimum Gasteiger partial charge on any atom is -0.481 e. The van der Waals surface area contributed by atoms with Gasteiger partial charge in [-0.3, -0.25) is 9.59 Å². The summed E-state index contributed by atoms with van der Waals surface area (Å²) in [5.74, 6) is -1.27. The fourth-order valence-corrected chi connectivity index (χ4v) is 5.07. The number of likely N-dealkylation sites (tertiary alicyclic amines) is 1.